The Morgan fingerprint density at radius 1 is 1.33 bits per heavy atom. The summed E-state index contributed by atoms with van der Waals surface area (Å²) in [6.45, 7) is 1.89. The van der Waals surface area contributed by atoms with Crippen molar-refractivity contribution in [2.75, 3.05) is 5.73 Å². The van der Waals surface area contributed by atoms with Gasteiger partial charge in [0.15, 0.2) is 0 Å². The number of carboxylic acid groups (broad SMARTS) is 1. The molecule has 9 heteroatoms. The lowest BCUT2D eigenvalue weighted by Crippen LogP contribution is -1.98. The van der Waals surface area contributed by atoms with Crippen LogP contribution >= 0.6 is 15.9 Å². The van der Waals surface area contributed by atoms with Gasteiger partial charge in [0.25, 0.3) is 5.69 Å². The fourth-order valence-corrected chi connectivity index (χ4v) is 2.89. The summed E-state index contributed by atoms with van der Waals surface area (Å²) in [5, 5.41) is 18.9. The zero-order valence-electron chi connectivity index (χ0n) is 14.1. The van der Waals surface area contributed by atoms with Gasteiger partial charge in [-0.05, 0) is 53.2 Å². The van der Waals surface area contributed by atoms with Gasteiger partial charge in [0.2, 0.25) is 0 Å². The lowest BCUT2D eigenvalue weighted by atomic mass is 10.0. The zero-order chi connectivity index (χ0) is 20.1. The molecule has 8 nitrogen and oxygen atoms in total. The number of allylic oxidation sites excluding steroid dienone is 1. The van der Waals surface area contributed by atoms with E-state index in [1.807, 2.05) is 19.1 Å². The number of ether oxygens (including phenoxy) is 1. The number of carbonyl (C=O) groups excluding carboxylic acids is 1. The van der Waals surface area contributed by atoms with Crippen LogP contribution in [0.15, 0.2) is 53.0 Å². The first kappa shape index (κ1) is 20.1. The quantitative estimate of drug-likeness (QED) is 0.244. The van der Waals surface area contributed by atoms with Gasteiger partial charge in [0.05, 0.1) is 16.1 Å². The second kappa shape index (κ2) is 8.45. The van der Waals surface area contributed by atoms with Crippen molar-refractivity contribution in [3.8, 4) is 0 Å². The fraction of sp³-hybridized carbons (Fsp3) is 0.111. The van der Waals surface area contributed by atoms with Crippen LogP contribution in [0.25, 0.3) is 0 Å². The second-order valence-corrected chi connectivity index (χ2v) is 6.28. The fourth-order valence-electron chi connectivity index (χ4n) is 2.35. The molecule has 3 N–H and O–H groups in total. The van der Waals surface area contributed by atoms with E-state index in [9.17, 15) is 19.7 Å². The number of non-ortho nitro benzene ring substituents is 1. The first-order valence-electron chi connectivity index (χ1n) is 7.65. The largest absolute Gasteiger partial charge is 0.478 e. The molecule has 1 heterocycles. The van der Waals surface area contributed by atoms with Crippen molar-refractivity contribution in [2.24, 2.45) is 0 Å². The molecule has 1 atom stereocenters. The molecule has 1 aliphatic heterocycles. The van der Waals surface area contributed by atoms with Crippen LogP contribution in [0.4, 0.5) is 11.4 Å². The van der Waals surface area contributed by atoms with E-state index in [1.54, 1.807) is 18.2 Å². The Balaban J connectivity index is 0.000000194. The van der Waals surface area contributed by atoms with Crippen molar-refractivity contribution in [2.45, 2.75) is 13.0 Å². The second-order valence-electron chi connectivity index (χ2n) is 5.42. The van der Waals surface area contributed by atoms with Crippen molar-refractivity contribution < 1.29 is 24.4 Å². The molecule has 2 aromatic rings. The number of nitrogen functional groups attached to an aromatic ring is 1. The van der Waals surface area contributed by atoms with Gasteiger partial charge in [-0.15, -0.1) is 0 Å². The number of nitro benzene ring substituents is 1. The molecular weight excluding hydrogens is 420 g/mol. The minimum Gasteiger partial charge on any atom is -0.478 e. The van der Waals surface area contributed by atoms with Gasteiger partial charge >= 0.3 is 11.9 Å². The van der Waals surface area contributed by atoms with E-state index in [1.165, 1.54) is 6.07 Å². The molecule has 3 rings (SSSR count). The Morgan fingerprint density at radius 3 is 2.59 bits per heavy atom. The van der Waals surface area contributed by atoms with Crippen LogP contribution in [0.5, 0.6) is 0 Å². The van der Waals surface area contributed by atoms with Gasteiger partial charge in [-0.1, -0.05) is 6.08 Å². The molecule has 0 saturated carbocycles. The van der Waals surface area contributed by atoms with E-state index in [-0.39, 0.29) is 27.8 Å². The highest BCUT2D eigenvalue weighted by molar-refractivity contribution is 9.10. The molecule has 0 aliphatic carbocycles. The number of aromatic carboxylic acids is 1. The number of esters is 1. The van der Waals surface area contributed by atoms with Crippen LogP contribution in [0.1, 0.15) is 39.3 Å². The number of fused-ring (bicyclic) bond motifs is 1. The Hall–Kier alpha value is -3.20. The van der Waals surface area contributed by atoms with Crippen molar-refractivity contribution in [3.05, 3.63) is 79.8 Å². The van der Waals surface area contributed by atoms with Gasteiger partial charge in [-0.3, -0.25) is 10.1 Å². The predicted molar refractivity (Wildman–Crippen MR) is 102 cm³/mol. The van der Waals surface area contributed by atoms with E-state index < -0.39 is 10.9 Å². The van der Waals surface area contributed by atoms with Crippen molar-refractivity contribution in [1.82, 2.24) is 0 Å². The Bertz CT molecular complexity index is 941. The highest BCUT2D eigenvalue weighted by atomic mass is 79.9. The minimum atomic E-state index is -1.12. The summed E-state index contributed by atoms with van der Waals surface area (Å²) >= 11 is 2.93. The first-order chi connectivity index (χ1) is 12.7. The van der Waals surface area contributed by atoms with Crippen LogP contribution < -0.4 is 5.73 Å². The number of nitro groups is 1. The number of hydrogen-bond donors (Lipinski definition) is 2. The summed E-state index contributed by atoms with van der Waals surface area (Å²) in [6, 6.07) is 8.68. The summed E-state index contributed by atoms with van der Waals surface area (Å²) in [5.41, 5.74) is 7.62. The lowest BCUT2D eigenvalue weighted by molar-refractivity contribution is -0.384. The number of rotatable bonds is 3. The number of hydrogen-bond acceptors (Lipinski definition) is 6. The van der Waals surface area contributed by atoms with Crippen molar-refractivity contribution >= 4 is 39.2 Å². The van der Waals surface area contributed by atoms with Crippen LogP contribution in [-0.2, 0) is 4.74 Å². The summed E-state index contributed by atoms with van der Waals surface area (Å²) < 4.78 is 5.35. The number of carbonyl (C=O) groups is 2. The van der Waals surface area contributed by atoms with Crippen LogP contribution in [0.2, 0.25) is 0 Å². The smallest absolute Gasteiger partial charge is 0.339 e. The average Bonchev–Trinajstić information content (AvgIpc) is 2.90. The average molecular weight is 435 g/mol. The van der Waals surface area contributed by atoms with Gasteiger partial charge in [0.1, 0.15) is 6.10 Å². The predicted octanol–water partition coefficient (Wildman–Crippen LogP) is 4.11. The normalized spacial score (nSPS) is 14.9. The molecular formula is C18H15BrN2O6. The number of nitrogens with two attached hydrogens (primary N) is 1. The molecule has 140 valence electrons. The topological polar surface area (TPSA) is 133 Å². The van der Waals surface area contributed by atoms with E-state index in [4.69, 9.17) is 15.6 Å². The summed E-state index contributed by atoms with van der Waals surface area (Å²) in [7, 11) is 0. The molecule has 1 unspecified atom stereocenters. The lowest BCUT2D eigenvalue weighted by Gasteiger charge is -2.04. The van der Waals surface area contributed by atoms with E-state index in [2.05, 4.69) is 15.9 Å². The minimum absolute atomic E-state index is 0.00519. The van der Waals surface area contributed by atoms with Crippen LogP contribution in [0.3, 0.4) is 0 Å². The van der Waals surface area contributed by atoms with Crippen LogP contribution in [0, 0.1) is 10.1 Å². The SMILES string of the molecule is CC=CC1OC(=O)c2ccc(N)cc21.O=C(O)c1ccc([N+](=O)[O-])cc1Br. The Kier molecular flexibility index (Phi) is 6.30. The van der Waals surface area contributed by atoms with Crippen LogP contribution in [-0.4, -0.2) is 22.0 Å². The Labute approximate surface area is 162 Å². The molecule has 0 bridgehead atoms. The Morgan fingerprint density at radius 2 is 2.04 bits per heavy atom. The molecule has 0 spiro atoms. The van der Waals surface area contributed by atoms with Crippen molar-refractivity contribution in [3.63, 3.8) is 0 Å². The summed E-state index contributed by atoms with van der Waals surface area (Å²) in [4.78, 5) is 31.6. The third-order valence-corrected chi connectivity index (χ3v) is 4.25. The number of halogens is 1. The maximum Gasteiger partial charge on any atom is 0.339 e. The first-order valence-corrected chi connectivity index (χ1v) is 8.44. The molecule has 27 heavy (non-hydrogen) atoms. The highest BCUT2D eigenvalue weighted by Crippen LogP contribution is 2.32. The summed E-state index contributed by atoms with van der Waals surface area (Å²) in [5.74, 6) is -1.40. The van der Waals surface area contributed by atoms with E-state index in [0.29, 0.717) is 11.3 Å². The van der Waals surface area contributed by atoms with Gasteiger partial charge < -0.3 is 15.6 Å². The molecule has 0 amide bonds. The van der Waals surface area contributed by atoms with Crippen molar-refractivity contribution in [1.29, 1.82) is 0 Å². The van der Waals surface area contributed by atoms with E-state index in [0.717, 1.165) is 17.7 Å². The molecule has 2 aromatic carbocycles. The maximum absolute atomic E-state index is 11.4. The maximum atomic E-state index is 11.4. The van der Waals surface area contributed by atoms with Gasteiger partial charge in [-0.2, -0.15) is 0 Å². The molecule has 1 aliphatic rings. The molecule has 0 fully saturated rings. The van der Waals surface area contributed by atoms with E-state index >= 15 is 0 Å². The summed E-state index contributed by atoms with van der Waals surface area (Å²) in [6.07, 6.45) is 3.42. The third-order valence-electron chi connectivity index (χ3n) is 3.60. The molecule has 0 aromatic heterocycles. The number of nitrogens with zero attached hydrogens (tertiary/aromatic N) is 1. The highest BCUT2D eigenvalue weighted by Gasteiger charge is 2.28. The standard InChI is InChI=1S/C11H11NO2.C7H4BrNO4/c1-2-3-10-9-6-7(12)4-5-8(9)11(13)14-10;8-6-3-4(9(12)13)1-2-5(6)7(10)11/h2-6,10H,12H2,1H3;1-3H,(H,10,11). The van der Waals surface area contributed by atoms with Gasteiger partial charge in [0, 0.05) is 27.9 Å². The van der Waals surface area contributed by atoms with Gasteiger partial charge in [-0.25, -0.2) is 9.59 Å². The molecule has 0 saturated heterocycles. The zero-order valence-corrected chi connectivity index (χ0v) is 15.7. The molecule has 0 radical (unpaired) electrons. The monoisotopic (exact) mass is 434 g/mol. The number of benzene rings is 2. The number of anilines is 1. The third kappa shape index (κ3) is 4.70. The number of cyclic esters (lactones) is 1. The number of carboxylic acids is 1.